The molecule has 0 saturated carbocycles. The summed E-state index contributed by atoms with van der Waals surface area (Å²) < 4.78 is 20.6. The van der Waals surface area contributed by atoms with Gasteiger partial charge in [-0.25, -0.2) is 4.39 Å². The molecule has 0 radical (unpaired) electrons. The maximum atomic E-state index is 14.3. The van der Waals surface area contributed by atoms with Crippen LogP contribution in [0.25, 0.3) is 0 Å². The Morgan fingerprint density at radius 1 is 1.19 bits per heavy atom. The monoisotopic (exact) mass is 417 g/mol. The molecule has 0 amide bonds. The average Bonchev–Trinajstić information content (AvgIpc) is 2.64. The summed E-state index contributed by atoms with van der Waals surface area (Å²) >= 11 is 3.31. The van der Waals surface area contributed by atoms with E-state index in [0.717, 1.165) is 24.0 Å². The second kappa shape index (κ2) is 10.7. The van der Waals surface area contributed by atoms with Gasteiger partial charge >= 0.3 is 0 Å². The Morgan fingerprint density at radius 3 is 2.65 bits per heavy atom. The van der Waals surface area contributed by atoms with Gasteiger partial charge in [0, 0.05) is 22.6 Å². The van der Waals surface area contributed by atoms with E-state index in [9.17, 15) is 9.18 Å². The molecule has 0 saturated heterocycles. The molecule has 0 bridgehead atoms. The maximum absolute atomic E-state index is 14.3. The summed E-state index contributed by atoms with van der Waals surface area (Å²) in [6.45, 7) is 5.62. The lowest BCUT2D eigenvalue weighted by Gasteiger charge is -2.07. The molecule has 0 fully saturated rings. The molecule has 0 heterocycles. The van der Waals surface area contributed by atoms with Crippen LogP contribution in [0.1, 0.15) is 22.3 Å². The van der Waals surface area contributed by atoms with Gasteiger partial charge in [0.1, 0.15) is 18.2 Å². The van der Waals surface area contributed by atoms with Gasteiger partial charge in [-0.3, -0.25) is 4.79 Å². The van der Waals surface area contributed by atoms with Gasteiger partial charge in [0.25, 0.3) is 0 Å². The van der Waals surface area contributed by atoms with E-state index in [0.29, 0.717) is 17.9 Å². The summed E-state index contributed by atoms with van der Waals surface area (Å²) in [6.07, 6.45) is 6.60. The Hall–Kier alpha value is -2.24. The number of ether oxygens (including phenoxy) is 1. The van der Waals surface area contributed by atoms with Crippen LogP contribution in [-0.4, -0.2) is 25.5 Å². The molecule has 26 heavy (non-hydrogen) atoms. The van der Waals surface area contributed by atoms with Crippen LogP contribution in [-0.2, 0) is 0 Å². The summed E-state index contributed by atoms with van der Waals surface area (Å²) in [4.78, 5) is 12.4. The summed E-state index contributed by atoms with van der Waals surface area (Å²) in [6, 6.07) is 11.1. The summed E-state index contributed by atoms with van der Waals surface area (Å²) in [5, 5.41) is 3.22. The molecule has 2 aromatic rings. The largest absolute Gasteiger partial charge is 0.489 e. The van der Waals surface area contributed by atoms with E-state index in [2.05, 4.69) is 27.8 Å². The van der Waals surface area contributed by atoms with Crippen molar-refractivity contribution in [1.29, 1.82) is 0 Å². The Kier molecular flexibility index (Phi) is 8.25. The van der Waals surface area contributed by atoms with Crippen molar-refractivity contribution < 1.29 is 13.9 Å². The number of carbonyl (C=O) groups is 1. The van der Waals surface area contributed by atoms with Crippen LogP contribution in [0.5, 0.6) is 5.75 Å². The molecule has 0 spiro atoms. The summed E-state index contributed by atoms with van der Waals surface area (Å²) in [7, 11) is 0. The Morgan fingerprint density at radius 2 is 1.96 bits per heavy atom. The lowest BCUT2D eigenvalue weighted by molar-refractivity contribution is 0.103. The minimum Gasteiger partial charge on any atom is -0.489 e. The van der Waals surface area contributed by atoms with Crippen molar-refractivity contribution in [1.82, 2.24) is 5.32 Å². The van der Waals surface area contributed by atoms with Crippen LogP contribution >= 0.6 is 15.9 Å². The third kappa shape index (κ3) is 6.24. The molecule has 0 aromatic heterocycles. The standard InChI is InChI=1S/C21H21BrFNO2/c1-2-3-12-24-13-4-5-14-26-18-10-11-19(20(23)15-18)21(25)16-6-8-17(22)9-7-16/h2,4-11,15,24H,1,3,12-14H2. The lowest BCUT2D eigenvalue weighted by atomic mass is 10.0. The smallest absolute Gasteiger partial charge is 0.195 e. The molecule has 3 nitrogen and oxygen atoms in total. The predicted molar refractivity (Wildman–Crippen MR) is 106 cm³/mol. The van der Waals surface area contributed by atoms with Gasteiger partial charge in [0.15, 0.2) is 5.78 Å². The molecule has 0 aliphatic heterocycles. The normalized spacial score (nSPS) is 10.8. The number of benzene rings is 2. The second-order valence-corrected chi connectivity index (χ2v) is 6.46. The van der Waals surface area contributed by atoms with Crippen LogP contribution in [0.3, 0.4) is 0 Å². The number of hydrogen-bond donors (Lipinski definition) is 1. The van der Waals surface area contributed by atoms with Gasteiger partial charge in [-0.2, -0.15) is 0 Å². The minimum atomic E-state index is -0.592. The number of halogens is 2. The van der Waals surface area contributed by atoms with Crippen molar-refractivity contribution in [2.75, 3.05) is 19.7 Å². The third-order valence-electron chi connectivity index (χ3n) is 3.59. The third-order valence-corrected chi connectivity index (χ3v) is 4.12. The average molecular weight is 418 g/mol. The molecule has 0 aliphatic carbocycles. The van der Waals surface area contributed by atoms with Gasteiger partial charge in [0.2, 0.25) is 0 Å². The fourth-order valence-electron chi connectivity index (χ4n) is 2.21. The fourth-order valence-corrected chi connectivity index (χ4v) is 2.48. The molecule has 5 heteroatoms. The van der Waals surface area contributed by atoms with E-state index in [1.54, 1.807) is 30.3 Å². The Bertz CT molecular complexity index is 772. The number of nitrogens with one attached hydrogen (secondary N) is 1. The zero-order valence-electron chi connectivity index (χ0n) is 14.4. The van der Waals surface area contributed by atoms with Crippen molar-refractivity contribution in [3.05, 3.63) is 88.7 Å². The first-order valence-electron chi connectivity index (χ1n) is 8.31. The predicted octanol–water partition coefficient (Wildman–Crippen LogP) is 4.92. The summed E-state index contributed by atoms with van der Waals surface area (Å²) in [5.41, 5.74) is 0.467. The van der Waals surface area contributed by atoms with E-state index in [1.807, 2.05) is 18.2 Å². The molecule has 2 rings (SSSR count). The van der Waals surface area contributed by atoms with E-state index >= 15 is 0 Å². The van der Waals surface area contributed by atoms with Gasteiger partial charge in [-0.15, -0.1) is 6.58 Å². The van der Waals surface area contributed by atoms with Crippen LogP contribution in [0, 0.1) is 5.82 Å². The first kappa shape index (κ1) is 20.1. The first-order valence-corrected chi connectivity index (χ1v) is 9.10. The zero-order valence-corrected chi connectivity index (χ0v) is 16.0. The highest BCUT2D eigenvalue weighted by Crippen LogP contribution is 2.20. The number of rotatable bonds is 10. The molecule has 0 aliphatic rings. The van der Waals surface area contributed by atoms with Crippen molar-refractivity contribution in [2.24, 2.45) is 0 Å². The Balaban J connectivity index is 1.88. The zero-order chi connectivity index (χ0) is 18.8. The SMILES string of the molecule is C=CCCNCC=CCOc1ccc(C(=O)c2ccc(Br)cc2)c(F)c1. The minimum absolute atomic E-state index is 0.0293. The molecule has 2 aromatic carbocycles. The van der Waals surface area contributed by atoms with Crippen LogP contribution in [0.4, 0.5) is 4.39 Å². The highest BCUT2D eigenvalue weighted by atomic mass is 79.9. The van der Waals surface area contributed by atoms with Crippen LogP contribution < -0.4 is 10.1 Å². The van der Waals surface area contributed by atoms with Crippen molar-refractivity contribution >= 4 is 21.7 Å². The van der Waals surface area contributed by atoms with Crippen LogP contribution in [0.2, 0.25) is 0 Å². The van der Waals surface area contributed by atoms with Gasteiger partial charge < -0.3 is 10.1 Å². The van der Waals surface area contributed by atoms with Gasteiger partial charge in [-0.1, -0.05) is 34.2 Å². The summed E-state index contributed by atoms with van der Waals surface area (Å²) in [5.74, 6) is -0.559. The van der Waals surface area contributed by atoms with E-state index in [1.165, 1.54) is 12.1 Å². The van der Waals surface area contributed by atoms with Crippen molar-refractivity contribution in [2.45, 2.75) is 6.42 Å². The van der Waals surface area contributed by atoms with Crippen molar-refractivity contribution in [3.8, 4) is 5.75 Å². The fraction of sp³-hybridized carbons (Fsp3) is 0.190. The Labute approximate surface area is 161 Å². The number of hydrogen-bond acceptors (Lipinski definition) is 3. The van der Waals surface area contributed by atoms with Gasteiger partial charge in [0.05, 0.1) is 5.56 Å². The number of carbonyl (C=O) groups excluding carboxylic acids is 1. The molecule has 136 valence electrons. The van der Waals surface area contributed by atoms with Crippen LogP contribution in [0.15, 0.2) is 71.7 Å². The highest BCUT2D eigenvalue weighted by molar-refractivity contribution is 9.10. The molecule has 1 N–H and O–H groups in total. The number of ketones is 1. The van der Waals surface area contributed by atoms with E-state index in [-0.39, 0.29) is 11.3 Å². The van der Waals surface area contributed by atoms with Crippen molar-refractivity contribution in [3.63, 3.8) is 0 Å². The van der Waals surface area contributed by atoms with E-state index in [4.69, 9.17) is 4.74 Å². The first-order chi connectivity index (χ1) is 12.6. The molecule has 0 atom stereocenters. The topological polar surface area (TPSA) is 38.3 Å². The quantitative estimate of drug-likeness (QED) is 0.338. The lowest BCUT2D eigenvalue weighted by Crippen LogP contribution is -2.14. The molecule has 0 unspecified atom stereocenters. The maximum Gasteiger partial charge on any atom is 0.195 e. The second-order valence-electron chi connectivity index (χ2n) is 5.54. The highest BCUT2D eigenvalue weighted by Gasteiger charge is 2.14. The van der Waals surface area contributed by atoms with Gasteiger partial charge in [-0.05, 0) is 49.4 Å². The molecular weight excluding hydrogens is 397 g/mol. The van der Waals surface area contributed by atoms with E-state index < -0.39 is 5.82 Å². The molecular formula is C21H21BrFNO2.